The first kappa shape index (κ1) is 27.9. The van der Waals surface area contributed by atoms with Crippen LogP contribution in [0.3, 0.4) is 0 Å². The van der Waals surface area contributed by atoms with E-state index in [0.717, 1.165) is 16.5 Å². The lowest BCUT2D eigenvalue weighted by molar-refractivity contribution is -0.142. The highest BCUT2D eigenvalue weighted by Crippen LogP contribution is 2.37. The third-order valence-corrected chi connectivity index (χ3v) is 7.40. The average Bonchev–Trinajstić information content (AvgIpc) is 3.12. The molecule has 200 valence electrons. The van der Waals surface area contributed by atoms with Gasteiger partial charge < -0.3 is 15.1 Å². The van der Waals surface area contributed by atoms with E-state index in [2.05, 4.69) is 5.32 Å². The summed E-state index contributed by atoms with van der Waals surface area (Å²) < 4.78 is 0. The van der Waals surface area contributed by atoms with Gasteiger partial charge in [-0.3, -0.25) is 14.4 Å². The van der Waals surface area contributed by atoms with Gasteiger partial charge in [0.05, 0.1) is 5.69 Å². The van der Waals surface area contributed by atoms with Crippen LogP contribution in [0.2, 0.25) is 10.0 Å². The number of rotatable bonds is 9. The first-order chi connectivity index (χ1) is 18.0. The predicted molar refractivity (Wildman–Crippen MR) is 154 cm³/mol. The normalized spacial score (nSPS) is 13.6. The van der Waals surface area contributed by atoms with Crippen molar-refractivity contribution in [1.82, 2.24) is 10.2 Å². The van der Waals surface area contributed by atoms with Crippen molar-refractivity contribution in [3.63, 3.8) is 0 Å². The van der Waals surface area contributed by atoms with E-state index in [4.69, 9.17) is 23.2 Å². The molecule has 0 spiro atoms. The molecule has 3 aromatic carbocycles. The highest BCUT2D eigenvalue weighted by atomic mass is 35.5. The Morgan fingerprint density at radius 3 is 2.26 bits per heavy atom. The topological polar surface area (TPSA) is 69.7 Å². The summed E-state index contributed by atoms with van der Waals surface area (Å²) in [6, 6.07) is 16.1. The number of hydrogen-bond donors (Lipinski definition) is 1. The van der Waals surface area contributed by atoms with Gasteiger partial charge in [-0.2, -0.15) is 0 Å². The first-order valence-corrected chi connectivity index (χ1v) is 13.7. The van der Waals surface area contributed by atoms with Crippen molar-refractivity contribution in [1.29, 1.82) is 0 Å². The van der Waals surface area contributed by atoms with Gasteiger partial charge in [0.2, 0.25) is 11.8 Å². The number of halogens is 2. The monoisotopic (exact) mass is 553 g/mol. The van der Waals surface area contributed by atoms with Crippen LogP contribution in [0.25, 0.3) is 10.8 Å². The Morgan fingerprint density at radius 2 is 1.63 bits per heavy atom. The van der Waals surface area contributed by atoms with Crippen LogP contribution in [0.15, 0.2) is 54.6 Å². The Bertz CT molecular complexity index is 1360. The molecule has 0 fully saturated rings. The molecule has 1 heterocycles. The molecule has 6 nitrogen and oxygen atoms in total. The summed E-state index contributed by atoms with van der Waals surface area (Å²) in [4.78, 5) is 43.3. The van der Waals surface area contributed by atoms with E-state index in [1.807, 2.05) is 64.1 Å². The SMILES string of the molecule is CC[C@H](C(=O)NC(C)(C)C)N(Cc1c(Cl)cccc1Cl)C(=O)CCCN1C(=O)c2cccc3cccc1c23. The molecule has 1 aliphatic rings. The van der Waals surface area contributed by atoms with E-state index in [1.54, 1.807) is 28.0 Å². The number of benzene rings is 3. The Morgan fingerprint density at radius 1 is 1.00 bits per heavy atom. The van der Waals surface area contributed by atoms with Gasteiger partial charge in [-0.1, -0.05) is 60.5 Å². The van der Waals surface area contributed by atoms with Gasteiger partial charge >= 0.3 is 0 Å². The van der Waals surface area contributed by atoms with Crippen molar-refractivity contribution in [2.75, 3.05) is 11.4 Å². The maximum absolute atomic E-state index is 13.7. The minimum atomic E-state index is -0.694. The van der Waals surface area contributed by atoms with Crippen LogP contribution in [0.5, 0.6) is 0 Å². The Kier molecular flexibility index (Phi) is 8.34. The zero-order chi connectivity index (χ0) is 27.6. The molecule has 0 aromatic heterocycles. The van der Waals surface area contributed by atoms with E-state index < -0.39 is 11.6 Å². The molecular weight excluding hydrogens is 521 g/mol. The van der Waals surface area contributed by atoms with E-state index in [9.17, 15) is 14.4 Å². The molecule has 3 aromatic rings. The van der Waals surface area contributed by atoms with Gasteiger partial charge in [-0.25, -0.2) is 0 Å². The second-order valence-corrected chi connectivity index (χ2v) is 11.4. The van der Waals surface area contributed by atoms with Crippen LogP contribution in [-0.4, -0.2) is 40.7 Å². The summed E-state index contributed by atoms with van der Waals surface area (Å²) in [5.74, 6) is -0.479. The maximum Gasteiger partial charge on any atom is 0.258 e. The lowest BCUT2D eigenvalue weighted by atomic mass is 10.0. The number of nitrogens with zero attached hydrogens (tertiary/aromatic N) is 2. The van der Waals surface area contributed by atoms with E-state index >= 15 is 0 Å². The summed E-state index contributed by atoms with van der Waals surface area (Å²) in [5.41, 5.74) is 1.70. The molecule has 1 N–H and O–H groups in total. The second-order valence-electron chi connectivity index (χ2n) is 10.6. The van der Waals surface area contributed by atoms with Gasteiger partial charge in [0.1, 0.15) is 6.04 Å². The Labute approximate surface area is 233 Å². The molecule has 1 atom stereocenters. The van der Waals surface area contributed by atoms with E-state index in [0.29, 0.717) is 40.6 Å². The molecule has 3 amide bonds. The summed E-state index contributed by atoms with van der Waals surface area (Å²) >= 11 is 12.9. The maximum atomic E-state index is 13.7. The number of carbonyl (C=O) groups is 3. The fourth-order valence-electron chi connectivity index (χ4n) is 4.96. The van der Waals surface area contributed by atoms with Gasteiger partial charge in [0.25, 0.3) is 5.91 Å². The number of anilines is 1. The van der Waals surface area contributed by atoms with E-state index in [1.165, 1.54) is 0 Å². The quantitative estimate of drug-likeness (QED) is 0.324. The van der Waals surface area contributed by atoms with Gasteiger partial charge in [0.15, 0.2) is 0 Å². The molecule has 0 unspecified atom stereocenters. The molecule has 0 radical (unpaired) electrons. The smallest absolute Gasteiger partial charge is 0.258 e. The van der Waals surface area contributed by atoms with Gasteiger partial charge in [0, 0.05) is 51.6 Å². The number of amides is 3. The lowest BCUT2D eigenvalue weighted by Gasteiger charge is -2.33. The fourth-order valence-corrected chi connectivity index (χ4v) is 5.48. The van der Waals surface area contributed by atoms with Crippen LogP contribution in [0, 0.1) is 0 Å². The molecule has 0 saturated carbocycles. The Balaban J connectivity index is 1.53. The van der Waals surface area contributed by atoms with Crippen molar-refractivity contribution in [3.8, 4) is 0 Å². The van der Waals surface area contributed by atoms with Crippen LogP contribution >= 0.6 is 23.2 Å². The van der Waals surface area contributed by atoms with Crippen molar-refractivity contribution in [3.05, 3.63) is 75.8 Å². The highest BCUT2D eigenvalue weighted by molar-refractivity contribution is 6.36. The summed E-state index contributed by atoms with van der Waals surface area (Å²) in [5, 5.41) is 5.85. The first-order valence-electron chi connectivity index (χ1n) is 12.9. The van der Waals surface area contributed by atoms with Crippen LogP contribution in [-0.2, 0) is 16.1 Å². The summed E-state index contributed by atoms with van der Waals surface area (Å²) in [7, 11) is 0. The number of hydrogen-bond acceptors (Lipinski definition) is 3. The van der Waals surface area contributed by atoms with Crippen LogP contribution < -0.4 is 10.2 Å². The largest absolute Gasteiger partial charge is 0.350 e. The number of carbonyl (C=O) groups excluding carboxylic acids is 3. The van der Waals surface area contributed by atoms with Crippen LogP contribution in [0.1, 0.15) is 62.9 Å². The molecule has 1 aliphatic heterocycles. The predicted octanol–water partition coefficient (Wildman–Crippen LogP) is 6.61. The molecule has 8 heteroatoms. The van der Waals surface area contributed by atoms with Crippen molar-refractivity contribution in [2.24, 2.45) is 0 Å². The molecular formula is C30H33Cl2N3O3. The zero-order valence-electron chi connectivity index (χ0n) is 22.2. The standard InChI is InChI=1S/C30H33Cl2N3O3/c1-5-24(28(37)33-30(2,3)4)35(18-21-22(31)13-8-14-23(21)32)26(36)16-9-17-34-25-15-7-11-19-10-6-12-20(27(19)25)29(34)38/h6-8,10-15,24H,5,9,16-18H2,1-4H3,(H,33,37)/t24-/m1/s1. The van der Waals surface area contributed by atoms with Gasteiger partial charge in [-0.05, 0) is 63.3 Å². The van der Waals surface area contributed by atoms with E-state index in [-0.39, 0.29) is 30.7 Å². The fraction of sp³-hybridized carbons (Fsp3) is 0.367. The van der Waals surface area contributed by atoms with Crippen molar-refractivity contribution >= 4 is 57.4 Å². The zero-order valence-corrected chi connectivity index (χ0v) is 23.7. The highest BCUT2D eigenvalue weighted by Gasteiger charge is 2.33. The lowest BCUT2D eigenvalue weighted by Crippen LogP contribution is -2.53. The molecule has 0 bridgehead atoms. The third-order valence-electron chi connectivity index (χ3n) is 6.70. The van der Waals surface area contributed by atoms with Crippen molar-refractivity contribution in [2.45, 2.75) is 65.1 Å². The van der Waals surface area contributed by atoms with Gasteiger partial charge in [-0.15, -0.1) is 0 Å². The second kappa shape index (κ2) is 11.3. The third kappa shape index (κ3) is 5.82. The van der Waals surface area contributed by atoms with Crippen molar-refractivity contribution < 1.29 is 14.4 Å². The minimum Gasteiger partial charge on any atom is -0.350 e. The summed E-state index contributed by atoms with van der Waals surface area (Å²) in [6.07, 6.45) is 1.04. The van der Waals surface area contributed by atoms with Crippen LogP contribution in [0.4, 0.5) is 5.69 Å². The molecule has 0 saturated heterocycles. The Hall–Kier alpha value is -3.09. The summed E-state index contributed by atoms with van der Waals surface area (Å²) in [6.45, 7) is 8.09. The molecule has 0 aliphatic carbocycles. The molecule has 38 heavy (non-hydrogen) atoms. The minimum absolute atomic E-state index is 0.0556. The number of nitrogens with one attached hydrogen (secondary N) is 1. The average molecular weight is 555 g/mol. The molecule has 4 rings (SSSR count).